The van der Waals surface area contributed by atoms with Gasteiger partial charge in [0.1, 0.15) is 28.4 Å². The van der Waals surface area contributed by atoms with Gasteiger partial charge in [-0.05, 0) is 46.6 Å². The minimum atomic E-state index is -2.97. The maximum absolute atomic E-state index is 15.3. The third-order valence-electron chi connectivity index (χ3n) is 7.72. The number of benzene rings is 1. The Balaban J connectivity index is 1.35. The van der Waals surface area contributed by atoms with Gasteiger partial charge >= 0.3 is 18.7 Å². The van der Waals surface area contributed by atoms with Crippen LogP contribution in [-0.2, 0) is 20.7 Å². The number of piperidine rings is 1. The van der Waals surface area contributed by atoms with Crippen LogP contribution in [0.5, 0.6) is 5.75 Å². The highest BCUT2D eigenvalue weighted by molar-refractivity contribution is 5.86. The fraction of sp³-hybridized carbons (Fsp3) is 0.406. The van der Waals surface area contributed by atoms with Gasteiger partial charge in [0.2, 0.25) is 5.95 Å². The zero-order chi connectivity index (χ0) is 33.2. The number of pyridine rings is 1. The predicted octanol–water partition coefficient (Wildman–Crippen LogP) is 5.47. The number of rotatable bonds is 8. The van der Waals surface area contributed by atoms with E-state index in [2.05, 4.69) is 20.3 Å². The molecule has 244 valence electrons. The average molecular weight is 641 g/mol. The summed E-state index contributed by atoms with van der Waals surface area (Å²) in [6, 6.07) is 7.80. The monoisotopic (exact) mass is 640 g/mol. The quantitative estimate of drug-likeness (QED) is 0.250. The molecule has 1 aromatic carbocycles. The highest BCUT2D eigenvalue weighted by Gasteiger charge is 2.45. The lowest BCUT2D eigenvalue weighted by atomic mass is 9.87. The van der Waals surface area contributed by atoms with Crippen LogP contribution >= 0.6 is 0 Å². The summed E-state index contributed by atoms with van der Waals surface area (Å²) in [6.07, 6.45) is 4.55. The van der Waals surface area contributed by atoms with Gasteiger partial charge in [-0.25, -0.2) is 28.9 Å². The first kappa shape index (κ1) is 32.5. The van der Waals surface area contributed by atoms with Crippen molar-refractivity contribution in [2.45, 2.75) is 64.7 Å². The van der Waals surface area contributed by atoms with E-state index in [9.17, 15) is 18.4 Å². The minimum absolute atomic E-state index is 0.0559. The number of aryl methyl sites for hydroxylation is 1. The van der Waals surface area contributed by atoms with Crippen LogP contribution in [-0.4, -0.2) is 69.4 Å². The van der Waals surface area contributed by atoms with Crippen LogP contribution in [0.4, 0.5) is 23.9 Å². The molecule has 1 aliphatic rings. The van der Waals surface area contributed by atoms with E-state index in [1.807, 2.05) is 4.90 Å². The summed E-state index contributed by atoms with van der Waals surface area (Å²) >= 11 is 0. The lowest BCUT2D eigenvalue weighted by Gasteiger charge is -2.40. The molecule has 0 bridgehead atoms. The van der Waals surface area contributed by atoms with E-state index in [1.54, 1.807) is 56.5 Å². The SMILES string of the molecule is COC(=O)C1(NC(=O)OC(C)(C)C)CCN(c2ncc(-c3cn4c(Cc5ccccc5OC(F)F)c(C)nc4cc3F)cn2)CC1. The van der Waals surface area contributed by atoms with Gasteiger partial charge < -0.3 is 28.8 Å². The number of halogens is 3. The zero-order valence-corrected chi connectivity index (χ0v) is 26.1. The molecule has 1 amide bonds. The molecule has 4 aromatic rings. The number of hydrogen-bond donors (Lipinski definition) is 1. The number of aromatic nitrogens is 4. The number of anilines is 1. The Bertz CT molecular complexity index is 1730. The van der Waals surface area contributed by atoms with E-state index < -0.39 is 35.6 Å². The van der Waals surface area contributed by atoms with E-state index in [0.29, 0.717) is 47.2 Å². The lowest BCUT2D eigenvalue weighted by molar-refractivity contribution is -0.149. The fourth-order valence-corrected chi connectivity index (χ4v) is 5.48. The number of para-hydroxylation sites is 1. The van der Waals surface area contributed by atoms with Gasteiger partial charge in [-0.3, -0.25) is 0 Å². The number of hydrogen-bond acceptors (Lipinski definition) is 9. The third kappa shape index (κ3) is 7.00. The molecular formula is C32H35F3N6O5. The molecule has 0 spiro atoms. The van der Waals surface area contributed by atoms with Crippen molar-refractivity contribution in [1.82, 2.24) is 24.7 Å². The number of amides is 1. The molecule has 14 heteroatoms. The van der Waals surface area contributed by atoms with Gasteiger partial charge in [0.05, 0.1) is 12.8 Å². The van der Waals surface area contributed by atoms with Crippen LogP contribution in [0, 0.1) is 12.7 Å². The Morgan fingerprint density at radius 1 is 1.11 bits per heavy atom. The number of alkyl halides is 2. The maximum atomic E-state index is 15.3. The molecule has 3 aromatic heterocycles. The zero-order valence-electron chi connectivity index (χ0n) is 26.1. The summed E-state index contributed by atoms with van der Waals surface area (Å²) in [5, 5.41) is 2.70. The molecule has 11 nitrogen and oxygen atoms in total. The molecular weight excluding hydrogens is 605 g/mol. The molecule has 0 atom stereocenters. The van der Waals surface area contributed by atoms with Gasteiger partial charge in [0.25, 0.3) is 0 Å². The largest absolute Gasteiger partial charge is 0.467 e. The molecule has 4 heterocycles. The van der Waals surface area contributed by atoms with Crippen LogP contribution in [0.15, 0.2) is 48.9 Å². The molecule has 1 N–H and O–H groups in total. The van der Waals surface area contributed by atoms with Crippen molar-refractivity contribution < 1.29 is 37.0 Å². The van der Waals surface area contributed by atoms with Gasteiger partial charge in [0.15, 0.2) is 0 Å². The number of ether oxygens (including phenoxy) is 3. The van der Waals surface area contributed by atoms with Gasteiger partial charge in [0, 0.05) is 66.6 Å². The Hall–Kier alpha value is -4.88. The molecule has 1 aliphatic heterocycles. The highest BCUT2D eigenvalue weighted by Crippen LogP contribution is 2.30. The van der Waals surface area contributed by atoms with E-state index >= 15 is 4.39 Å². The number of imidazole rings is 1. The van der Waals surface area contributed by atoms with Crippen molar-refractivity contribution >= 4 is 23.7 Å². The predicted molar refractivity (Wildman–Crippen MR) is 162 cm³/mol. The van der Waals surface area contributed by atoms with Crippen LogP contribution in [0.3, 0.4) is 0 Å². The normalized spacial score (nSPS) is 14.8. The minimum Gasteiger partial charge on any atom is -0.467 e. The first-order valence-electron chi connectivity index (χ1n) is 14.7. The van der Waals surface area contributed by atoms with Crippen molar-refractivity contribution in [2.75, 3.05) is 25.1 Å². The number of nitrogens with one attached hydrogen (secondary N) is 1. The molecule has 46 heavy (non-hydrogen) atoms. The third-order valence-corrected chi connectivity index (χ3v) is 7.72. The first-order chi connectivity index (χ1) is 21.8. The number of carbonyl (C=O) groups is 2. The second-order valence-electron chi connectivity index (χ2n) is 12.0. The molecule has 0 saturated carbocycles. The number of methoxy groups -OCH3 is 1. The Labute approximate surface area is 263 Å². The summed E-state index contributed by atoms with van der Waals surface area (Å²) in [5.74, 6) is -0.675. The summed E-state index contributed by atoms with van der Waals surface area (Å²) in [5.41, 5.74) is 0.821. The van der Waals surface area contributed by atoms with Gasteiger partial charge in [-0.15, -0.1) is 0 Å². The van der Waals surface area contributed by atoms with Gasteiger partial charge in [-0.2, -0.15) is 8.78 Å². The summed E-state index contributed by atoms with van der Waals surface area (Å²) in [4.78, 5) is 40.5. The number of fused-ring (bicyclic) bond motifs is 1. The van der Waals surface area contributed by atoms with Crippen LogP contribution < -0.4 is 15.0 Å². The average Bonchev–Trinajstić information content (AvgIpc) is 3.29. The first-order valence-corrected chi connectivity index (χ1v) is 14.7. The second kappa shape index (κ2) is 12.9. The lowest BCUT2D eigenvalue weighted by Crippen LogP contribution is -2.61. The number of nitrogens with zero attached hydrogens (tertiary/aromatic N) is 5. The molecule has 0 aliphatic carbocycles. The molecule has 0 unspecified atom stereocenters. The number of alkyl carbamates (subject to hydrolysis) is 1. The van der Waals surface area contributed by atoms with Crippen molar-refractivity contribution in [3.63, 3.8) is 0 Å². The summed E-state index contributed by atoms with van der Waals surface area (Å²) in [7, 11) is 1.26. The smallest absolute Gasteiger partial charge is 0.408 e. The molecule has 0 radical (unpaired) electrons. The molecule has 1 saturated heterocycles. The maximum Gasteiger partial charge on any atom is 0.408 e. The summed E-state index contributed by atoms with van der Waals surface area (Å²) in [6.45, 7) is 4.66. The van der Waals surface area contributed by atoms with E-state index in [1.165, 1.54) is 31.6 Å². The standard InChI is InChI=1S/C32H35F3N6O5/c1-19-24(14-20-8-6-7-9-25(20)45-28(34)35)41-18-22(23(33)15-26(41)38-19)21-16-36-29(37-17-21)40-12-10-32(11-13-40,27(42)44-5)39-30(43)46-31(2,3)4/h6-9,15-18,28H,10-14H2,1-5H3,(H,39,43). The summed E-state index contributed by atoms with van der Waals surface area (Å²) < 4.78 is 58.1. The fourth-order valence-electron chi connectivity index (χ4n) is 5.48. The van der Waals surface area contributed by atoms with Crippen molar-refractivity contribution in [3.8, 4) is 16.9 Å². The van der Waals surface area contributed by atoms with Crippen LogP contribution in [0.1, 0.15) is 50.6 Å². The highest BCUT2D eigenvalue weighted by atomic mass is 19.3. The topological polar surface area (TPSA) is 120 Å². The van der Waals surface area contributed by atoms with Crippen LogP contribution in [0.2, 0.25) is 0 Å². The Kier molecular flexibility index (Phi) is 9.08. The Morgan fingerprint density at radius 3 is 2.41 bits per heavy atom. The van der Waals surface area contributed by atoms with Crippen molar-refractivity contribution in [1.29, 1.82) is 0 Å². The van der Waals surface area contributed by atoms with Crippen molar-refractivity contribution in [3.05, 3.63) is 71.7 Å². The van der Waals surface area contributed by atoms with Gasteiger partial charge in [-0.1, -0.05) is 18.2 Å². The van der Waals surface area contributed by atoms with E-state index in [4.69, 9.17) is 14.2 Å². The van der Waals surface area contributed by atoms with E-state index in [0.717, 1.165) is 0 Å². The molecule has 1 fully saturated rings. The molecule has 5 rings (SSSR count). The van der Waals surface area contributed by atoms with Crippen LogP contribution in [0.25, 0.3) is 16.8 Å². The van der Waals surface area contributed by atoms with E-state index in [-0.39, 0.29) is 30.6 Å². The second-order valence-corrected chi connectivity index (χ2v) is 12.0. The number of esters is 1. The Morgan fingerprint density at radius 2 is 1.78 bits per heavy atom. The van der Waals surface area contributed by atoms with Crippen molar-refractivity contribution in [2.24, 2.45) is 0 Å². The number of carbonyl (C=O) groups excluding carboxylic acids is 2.